The van der Waals surface area contributed by atoms with E-state index in [1.165, 1.54) is 0 Å². The van der Waals surface area contributed by atoms with E-state index in [0.29, 0.717) is 13.2 Å². The van der Waals surface area contributed by atoms with E-state index in [-0.39, 0.29) is 11.9 Å². The van der Waals surface area contributed by atoms with Crippen molar-refractivity contribution in [2.24, 2.45) is 0 Å². The Morgan fingerprint density at radius 2 is 2.35 bits per heavy atom. The smallest absolute Gasteiger partial charge is 0.242 e. The second kappa shape index (κ2) is 6.61. The molecule has 1 amide bonds. The highest BCUT2D eigenvalue weighted by atomic mass is 16.5. The summed E-state index contributed by atoms with van der Waals surface area (Å²) in [7, 11) is 1.66. The van der Waals surface area contributed by atoms with E-state index in [1.807, 2.05) is 25.1 Å². The maximum absolute atomic E-state index is 12.2. The number of nitrogens with two attached hydrogens (primary N) is 1. The molecule has 0 saturated carbocycles. The van der Waals surface area contributed by atoms with Crippen LogP contribution in [0, 0.1) is 0 Å². The largest absolute Gasteiger partial charge is 0.398 e. The SMILES string of the molecule is COCCCNC(=O)C(C)N1CCc2c(N)cccc21. The van der Waals surface area contributed by atoms with Gasteiger partial charge in [0.05, 0.1) is 0 Å². The van der Waals surface area contributed by atoms with Gasteiger partial charge in [0.25, 0.3) is 0 Å². The van der Waals surface area contributed by atoms with Gasteiger partial charge in [-0.25, -0.2) is 0 Å². The highest BCUT2D eigenvalue weighted by Gasteiger charge is 2.28. The quantitative estimate of drug-likeness (QED) is 0.605. The Bertz CT molecular complexity index is 476. The Labute approximate surface area is 120 Å². The predicted octanol–water partition coefficient (Wildman–Crippen LogP) is 1.17. The van der Waals surface area contributed by atoms with Crippen molar-refractivity contribution < 1.29 is 9.53 Å². The number of rotatable bonds is 6. The van der Waals surface area contributed by atoms with E-state index in [9.17, 15) is 4.79 Å². The number of nitrogen functional groups attached to an aromatic ring is 1. The van der Waals surface area contributed by atoms with Gasteiger partial charge in [0, 0.05) is 43.7 Å². The maximum Gasteiger partial charge on any atom is 0.242 e. The number of benzene rings is 1. The first-order chi connectivity index (χ1) is 9.65. The van der Waals surface area contributed by atoms with Gasteiger partial charge >= 0.3 is 0 Å². The summed E-state index contributed by atoms with van der Waals surface area (Å²) in [5, 5.41) is 2.95. The number of ether oxygens (including phenoxy) is 1. The van der Waals surface area contributed by atoms with Crippen molar-refractivity contribution in [3.05, 3.63) is 23.8 Å². The molecule has 2 rings (SSSR count). The van der Waals surface area contributed by atoms with Crippen molar-refractivity contribution in [1.29, 1.82) is 0 Å². The van der Waals surface area contributed by atoms with Gasteiger partial charge in [-0.1, -0.05) is 6.07 Å². The summed E-state index contributed by atoms with van der Waals surface area (Å²) < 4.78 is 4.97. The lowest BCUT2D eigenvalue weighted by molar-refractivity contribution is -0.122. The molecule has 0 fully saturated rings. The van der Waals surface area contributed by atoms with Crippen LogP contribution in [-0.2, 0) is 16.0 Å². The molecule has 5 nitrogen and oxygen atoms in total. The number of carbonyl (C=O) groups excluding carboxylic acids is 1. The number of nitrogens with one attached hydrogen (secondary N) is 1. The lowest BCUT2D eigenvalue weighted by Crippen LogP contribution is -2.45. The number of fused-ring (bicyclic) bond motifs is 1. The molecule has 1 atom stereocenters. The molecule has 1 aliphatic rings. The van der Waals surface area contributed by atoms with Gasteiger partial charge in [0.1, 0.15) is 6.04 Å². The molecule has 1 unspecified atom stereocenters. The topological polar surface area (TPSA) is 67.6 Å². The van der Waals surface area contributed by atoms with E-state index >= 15 is 0 Å². The fourth-order valence-electron chi connectivity index (χ4n) is 2.61. The van der Waals surface area contributed by atoms with E-state index in [4.69, 9.17) is 10.5 Å². The van der Waals surface area contributed by atoms with Crippen molar-refractivity contribution in [3.8, 4) is 0 Å². The van der Waals surface area contributed by atoms with Crippen molar-refractivity contribution >= 4 is 17.3 Å². The van der Waals surface area contributed by atoms with Crippen LogP contribution in [0.3, 0.4) is 0 Å². The molecule has 0 bridgehead atoms. The van der Waals surface area contributed by atoms with Crippen LogP contribution in [0.2, 0.25) is 0 Å². The van der Waals surface area contributed by atoms with E-state index in [0.717, 1.165) is 36.3 Å². The molecular formula is C15H23N3O2. The van der Waals surface area contributed by atoms with Crippen LogP contribution >= 0.6 is 0 Å². The van der Waals surface area contributed by atoms with E-state index in [2.05, 4.69) is 10.2 Å². The number of anilines is 2. The van der Waals surface area contributed by atoms with Crippen LogP contribution in [-0.4, -0.2) is 38.8 Å². The number of hydrogen-bond donors (Lipinski definition) is 2. The van der Waals surface area contributed by atoms with Crippen LogP contribution in [0.25, 0.3) is 0 Å². The van der Waals surface area contributed by atoms with Crippen molar-refractivity contribution in [1.82, 2.24) is 5.32 Å². The molecule has 0 aliphatic carbocycles. The summed E-state index contributed by atoms with van der Waals surface area (Å²) >= 11 is 0. The minimum Gasteiger partial charge on any atom is -0.398 e. The van der Waals surface area contributed by atoms with Crippen LogP contribution in [0.15, 0.2) is 18.2 Å². The fraction of sp³-hybridized carbons (Fsp3) is 0.533. The van der Waals surface area contributed by atoms with E-state index < -0.39 is 0 Å². The minimum absolute atomic E-state index is 0.0522. The molecule has 1 heterocycles. The molecule has 0 saturated heterocycles. The minimum atomic E-state index is -0.180. The molecule has 0 aromatic heterocycles. The molecule has 110 valence electrons. The Morgan fingerprint density at radius 1 is 1.55 bits per heavy atom. The second-order valence-electron chi connectivity index (χ2n) is 5.10. The average molecular weight is 277 g/mol. The summed E-state index contributed by atoms with van der Waals surface area (Å²) in [5.74, 6) is 0.0522. The molecular weight excluding hydrogens is 254 g/mol. The van der Waals surface area contributed by atoms with Gasteiger partial charge in [-0.3, -0.25) is 4.79 Å². The standard InChI is InChI=1S/C15H23N3O2/c1-11(15(19)17-8-4-10-20-2)18-9-7-12-13(16)5-3-6-14(12)18/h3,5-6,11H,4,7-10,16H2,1-2H3,(H,17,19). The molecule has 5 heteroatoms. The molecule has 1 aliphatic heterocycles. The summed E-state index contributed by atoms with van der Waals surface area (Å²) in [5.41, 5.74) is 9.05. The van der Waals surface area contributed by atoms with Gasteiger partial charge in [-0.2, -0.15) is 0 Å². The first-order valence-corrected chi connectivity index (χ1v) is 7.05. The maximum atomic E-state index is 12.2. The Balaban J connectivity index is 1.96. The Morgan fingerprint density at radius 3 is 3.10 bits per heavy atom. The predicted molar refractivity (Wildman–Crippen MR) is 80.9 cm³/mol. The van der Waals surface area contributed by atoms with Crippen LogP contribution in [0.1, 0.15) is 18.9 Å². The van der Waals surface area contributed by atoms with Gasteiger partial charge in [0.15, 0.2) is 0 Å². The lowest BCUT2D eigenvalue weighted by atomic mass is 10.1. The Kier molecular flexibility index (Phi) is 4.84. The third kappa shape index (κ3) is 3.04. The number of hydrogen-bond acceptors (Lipinski definition) is 4. The third-order valence-electron chi connectivity index (χ3n) is 3.77. The number of nitrogens with zero attached hydrogens (tertiary/aromatic N) is 1. The molecule has 0 spiro atoms. The molecule has 0 radical (unpaired) electrons. The highest BCUT2D eigenvalue weighted by Crippen LogP contribution is 2.33. The zero-order chi connectivity index (χ0) is 14.5. The normalized spacial score (nSPS) is 15.0. The van der Waals surface area contributed by atoms with Gasteiger partial charge in [-0.05, 0) is 31.9 Å². The summed E-state index contributed by atoms with van der Waals surface area (Å²) in [6.45, 7) is 4.09. The average Bonchev–Trinajstić information content (AvgIpc) is 2.88. The lowest BCUT2D eigenvalue weighted by Gasteiger charge is -2.26. The molecule has 1 aromatic carbocycles. The zero-order valence-corrected chi connectivity index (χ0v) is 12.2. The van der Waals surface area contributed by atoms with Gasteiger partial charge in [-0.15, -0.1) is 0 Å². The van der Waals surface area contributed by atoms with E-state index in [1.54, 1.807) is 7.11 Å². The molecule has 3 N–H and O–H groups in total. The first-order valence-electron chi connectivity index (χ1n) is 7.05. The molecule has 20 heavy (non-hydrogen) atoms. The highest BCUT2D eigenvalue weighted by molar-refractivity contribution is 5.86. The fourth-order valence-corrected chi connectivity index (χ4v) is 2.61. The van der Waals surface area contributed by atoms with Crippen molar-refractivity contribution in [2.75, 3.05) is 37.4 Å². The van der Waals surface area contributed by atoms with Crippen LogP contribution in [0.5, 0.6) is 0 Å². The summed E-state index contributed by atoms with van der Waals surface area (Å²) in [6.07, 6.45) is 1.74. The Hall–Kier alpha value is -1.75. The van der Waals surface area contributed by atoms with Gasteiger partial charge < -0.3 is 20.7 Å². The zero-order valence-electron chi connectivity index (χ0n) is 12.2. The molecule has 1 aromatic rings. The van der Waals surface area contributed by atoms with Crippen LogP contribution < -0.4 is 16.0 Å². The summed E-state index contributed by atoms with van der Waals surface area (Å²) in [6, 6.07) is 5.71. The summed E-state index contributed by atoms with van der Waals surface area (Å²) in [4.78, 5) is 14.3. The third-order valence-corrected chi connectivity index (χ3v) is 3.77. The van der Waals surface area contributed by atoms with Crippen LogP contribution in [0.4, 0.5) is 11.4 Å². The second-order valence-corrected chi connectivity index (χ2v) is 5.10. The first kappa shape index (κ1) is 14.7. The van der Waals surface area contributed by atoms with Crippen molar-refractivity contribution in [2.45, 2.75) is 25.8 Å². The van der Waals surface area contributed by atoms with Crippen molar-refractivity contribution in [3.63, 3.8) is 0 Å². The number of amides is 1. The van der Waals surface area contributed by atoms with Gasteiger partial charge in [0.2, 0.25) is 5.91 Å². The number of carbonyl (C=O) groups is 1. The monoisotopic (exact) mass is 277 g/mol. The number of methoxy groups -OCH3 is 1.